The van der Waals surface area contributed by atoms with E-state index in [0.29, 0.717) is 6.54 Å². The van der Waals surface area contributed by atoms with E-state index >= 15 is 0 Å². The Morgan fingerprint density at radius 3 is 2.74 bits per heavy atom. The number of benzene rings is 4. The fourth-order valence-electron chi connectivity index (χ4n) is 5.51. The molecule has 1 heterocycles. The van der Waals surface area contributed by atoms with Gasteiger partial charge in [0.15, 0.2) is 0 Å². The van der Waals surface area contributed by atoms with E-state index in [-0.39, 0.29) is 0 Å². The fourth-order valence-corrected chi connectivity index (χ4v) is 5.51. The first kappa shape index (κ1) is 17.1. The van der Waals surface area contributed by atoms with Gasteiger partial charge in [-0.3, -0.25) is 0 Å². The SMILES string of the molecule is NCc1cccc2oc3ccc(-c4ccc5c6c7c(ccc46)C=CCC7=CC5)cc3c12. The highest BCUT2D eigenvalue weighted by atomic mass is 16.3. The van der Waals surface area contributed by atoms with Gasteiger partial charge in [-0.05, 0) is 80.8 Å². The predicted molar refractivity (Wildman–Crippen MR) is 130 cm³/mol. The summed E-state index contributed by atoms with van der Waals surface area (Å²) in [5, 5.41) is 5.04. The van der Waals surface area contributed by atoms with Crippen LogP contribution in [0.5, 0.6) is 0 Å². The molecule has 0 aliphatic heterocycles. The summed E-state index contributed by atoms with van der Waals surface area (Å²) in [7, 11) is 0. The molecular weight excluding hydrogens is 378 g/mol. The first-order valence-corrected chi connectivity index (χ1v) is 10.9. The Kier molecular flexibility index (Phi) is 3.42. The van der Waals surface area contributed by atoms with Crippen molar-refractivity contribution in [3.05, 3.63) is 95.1 Å². The van der Waals surface area contributed by atoms with Crippen LogP contribution in [-0.2, 0) is 13.0 Å². The van der Waals surface area contributed by atoms with Crippen LogP contribution >= 0.6 is 0 Å². The van der Waals surface area contributed by atoms with Crippen LogP contribution < -0.4 is 5.73 Å². The van der Waals surface area contributed by atoms with Gasteiger partial charge in [0.25, 0.3) is 0 Å². The van der Waals surface area contributed by atoms with Crippen molar-refractivity contribution in [2.45, 2.75) is 19.4 Å². The minimum absolute atomic E-state index is 0.503. The van der Waals surface area contributed by atoms with Crippen LogP contribution in [0.3, 0.4) is 0 Å². The molecule has 2 heteroatoms. The lowest BCUT2D eigenvalue weighted by molar-refractivity contribution is 0.668. The molecule has 2 nitrogen and oxygen atoms in total. The Morgan fingerprint density at radius 2 is 1.81 bits per heavy atom. The van der Waals surface area contributed by atoms with Crippen LogP contribution in [0.25, 0.3) is 55.5 Å². The third-order valence-electron chi connectivity index (χ3n) is 6.94. The lowest BCUT2D eigenvalue weighted by Crippen LogP contribution is -2.03. The monoisotopic (exact) mass is 399 g/mol. The Morgan fingerprint density at radius 1 is 0.839 bits per heavy atom. The largest absolute Gasteiger partial charge is 0.456 e. The number of fused-ring (bicyclic) bond motifs is 3. The van der Waals surface area contributed by atoms with E-state index in [4.69, 9.17) is 10.2 Å². The maximum atomic E-state index is 6.12. The molecule has 0 unspecified atom stereocenters. The Hall–Kier alpha value is -3.62. The van der Waals surface area contributed by atoms with Crippen molar-refractivity contribution in [3.8, 4) is 11.1 Å². The summed E-state index contributed by atoms with van der Waals surface area (Å²) >= 11 is 0. The quantitative estimate of drug-likeness (QED) is 0.340. The topological polar surface area (TPSA) is 39.2 Å². The molecule has 2 aliphatic carbocycles. The Labute approximate surface area is 180 Å². The van der Waals surface area contributed by atoms with Gasteiger partial charge in [0.1, 0.15) is 11.2 Å². The number of allylic oxidation sites excluding steroid dienone is 3. The van der Waals surface area contributed by atoms with Gasteiger partial charge in [0.05, 0.1) is 0 Å². The number of nitrogens with two attached hydrogens (primary N) is 1. The summed E-state index contributed by atoms with van der Waals surface area (Å²) in [5.41, 5.74) is 17.1. The van der Waals surface area contributed by atoms with Crippen LogP contribution in [0, 0.1) is 0 Å². The third kappa shape index (κ3) is 2.31. The lowest BCUT2D eigenvalue weighted by Gasteiger charge is -2.24. The summed E-state index contributed by atoms with van der Waals surface area (Å²) < 4.78 is 6.12. The summed E-state index contributed by atoms with van der Waals surface area (Å²) in [6, 6.07) is 21.9. The van der Waals surface area contributed by atoms with Crippen LogP contribution in [0.15, 0.2) is 77.2 Å². The molecule has 0 bridgehead atoms. The van der Waals surface area contributed by atoms with E-state index in [2.05, 4.69) is 66.8 Å². The molecular formula is C29H21NO. The normalized spacial score (nSPS) is 14.5. The van der Waals surface area contributed by atoms with Crippen molar-refractivity contribution in [1.29, 1.82) is 0 Å². The number of hydrogen-bond donors (Lipinski definition) is 1. The van der Waals surface area contributed by atoms with Gasteiger partial charge in [0, 0.05) is 17.3 Å². The fraction of sp³-hybridized carbons (Fsp3) is 0.103. The molecule has 1 aromatic heterocycles. The van der Waals surface area contributed by atoms with Crippen molar-refractivity contribution >= 4 is 44.4 Å². The highest BCUT2D eigenvalue weighted by Crippen LogP contribution is 2.44. The standard InChI is InChI=1S/C29H21NO/c30-16-21-5-2-6-26-28(21)24-15-20(11-14-25(24)31-26)22-12-9-19-8-7-17-3-1-4-18-10-13-23(22)29(19)27(17)18/h1-2,4-7,9-15H,3,8,16,30H2. The molecule has 0 amide bonds. The number of hydrogen-bond acceptors (Lipinski definition) is 2. The molecule has 4 aromatic carbocycles. The van der Waals surface area contributed by atoms with Gasteiger partial charge < -0.3 is 10.2 Å². The minimum atomic E-state index is 0.503. The number of furan rings is 1. The summed E-state index contributed by atoms with van der Waals surface area (Å²) in [6.07, 6.45) is 9.00. The van der Waals surface area contributed by atoms with E-state index in [1.807, 2.05) is 12.1 Å². The molecule has 0 saturated carbocycles. The third-order valence-corrected chi connectivity index (χ3v) is 6.94. The molecule has 0 radical (unpaired) electrons. The highest BCUT2D eigenvalue weighted by Gasteiger charge is 2.21. The zero-order chi connectivity index (χ0) is 20.5. The molecule has 2 N–H and O–H groups in total. The second kappa shape index (κ2) is 6.19. The highest BCUT2D eigenvalue weighted by molar-refractivity contribution is 6.11. The predicted octanol–water partition coefficient (Wildman–Crippen LogP) is 7.22. The molecule has 5 aromatic rings. The second-order valence-corrected chi connectivity index (χ2v) is 8.57. The van der Waals surface area contributed by atoms with Gasteiger partial charge in [-0.15, -0.1) is 0 Å². The maximum Gasteiger partial charge on any atom is 0.135 e. The molecule has 0 fully saturated rings. The van der Waals surface area contributed by atoms with E-state index < -0.39 is 0 Å². The first-order chi connectivity index (χ1) is 15.3. The van der Waals surface area contributed by atoms with Gasteiger partial charge >= 0.3 is 0 Å². The van der Waals surface area contributed by atoms with Crippen LogP contribution in [0.2, 0.25) is 0 Å². The van der Waals surface area contributed by atoms with Crippen molar-refractivity contribution in [1.82, 2.24) is 0 Å². The van der Waals surface area contributed by atoms with Gasteiger partial charge in [-0.1, -0.05) is 60.7 Å². The summed E-state index contributed by atoms with van der Waals surface area (Å²) in [5.74, 6) is 0. The zero-order valence-electron chi connectivity index (χ0n) is 17.1. The molecule has 0 saturated heterocycles. The van der Waals surface area contributed by atoms with E-state index in [1.54, 1.807) is 0 Å². The Bertz CT molecular complexity index is 1610. The summed E-state index contributed by atoms with van der Waals surface area (Å²) in [6.45, 7) is 0.503. The van der Waals surface area contributed by atoms with E-state index in [1.165, 1.54) is 44.2 Å². The Balaban J connectivity index is 1.54. The average molecular weight is 399 g/mol. The van der Waals surface area contributed by atoms with E-state index in [9.17, 15) is 0 Å². The van der Waals surface area contributed by atoms with Crippen LogP contribution in [0.1, 0.15) is 28.7 Å². The van der Waals surface area contributed by atoms with Crippen molar-refractivity contribution in [2.24, 2.45) is 5.73 Å². The van der Waals surface area contributed by atoms with Crippen molar-refractivity contribution < 1.29 is 4.42 Å². The van der Waals surface area contributed by atoms with Crippen LogP contribution in [-0.4, -0.2) is 0 Å². The second-order valence-electron chi connectivity index (χ2n) is 8.57. The first-order valence-electron chi connectivity index (χ1n) is 10.9. The van der Waals surface area contributed by atoms with Crippen molar-refractivity contribution in [3.63, 3.8) is 0 Å². The molecule has 7 rings (SSSR count). The maximum absolute atomic E-state index is 6.12. The molecule has 2 aliphatic rings. The number of rotatable bonds is 2. The minimum Gasteiger partial charge on any atom is -0.456 e. The van der Waals surface area contributed by atoms with E-state index in [0.717, 1.165) is 40.3 Å². The molecule has 0 spiro atoms. The lowest BCUT2D eigenvalue weighted by atomic mass is 9.80. The van der Waals surface area contributed by atoms with Crippen molar-refractivity contribution in [2.75, 3.05) is 0 Å². The average Bonchev–Trinajstić information content (AvgIpc) is 3.20. The van der Waals surface area contributed by atoms with Gasteiger partial charge in [-0.25, -0.2) is 0 Å². The van der Waals surface area contributed by atoms with Crippen LogP contribution in [0.4, 0.5) is 0 Å². The molecule has 148 valence electrons. The summed E-state index contributed by atoms with van der Waals surface area (Å²) in [4.78, 5) is 0. The van der Waals surface area contributed by atoms with Gasteiger partial charge in [-0.2, -0.15) is 0 Å². The zero-order valence-corrected chi connectivity index (χ0v) is 17.1. The molecule has 31 heavy (non-hydrogen) atoms. The molecule has 0 atom stereocenters. The van der Waals surface area contributed by atoms with Gasteiger partial charge in [0.2, 0.25) is 0 Å². The smallest absolute Gasteiger partial charge is 0.135 e.